The molecule has 3 amide bonds. The van der Waals surface area contributed by atoms with Crippen molar-refractivity contribution in [1.82, 2.24) is 25.3 Å². The number of amides is 3. The van der Waals surface area contributed by atoms with Gasteiger partial charge in [-0.3, -0.25) is 19.1 Å². The van der Waals surface area contributed by atoms with Gasteiger partial charge in [-0.25, -0.2) is 4.39 Å². The number of benzene rings is 2. The molecule has 1 aliphatic rings. The number of hydrogen-bond donors (Lipinski definition) is 2. The maximum atomic E-state index is 13.1. The molecule has 1 aromatic heterocycles. The van der Waals surface area contributed by atoms with Crippen molar-refractivity contribution in [1.29, 1.82) is 0 Å². The zero-order valence-electron chi connectivity index (χ0n) is 19.7. The van der Waals surface area contributed by atoms with Gasteiger partial charge in [0.05, 0.1) is 13.7 Å². The number of aromatic nitrogens is 2. The molecule has 0 saturated heterocycles. The largest absolute Gasteiger partial charge is 0.497 e. The fourth-order valence-electron chi connectivity index (χ4n) is 3.83. The van der Waals surface area contributed by atoms with Crippen LogP contribution in [-0.4, -0.2) is 52.1 Å². The maximum absolute atomic E-state index is 13.1. The summed E-state index contributed by atoms with van der Waals surface area (Å²) in [5, 5.41) is 9.89. The summed E-state index contributed by atoms with van der Waals surface area (Å²) in [6.45, 7) is 2.18. The Kier molecular flexibility index (Phi) is 6.54. The molecule has 0 saturated carbocycles. The Balaban J connectivity index is 1.44. The lowest BCUT2D eigenvalue weighted by Gasteiger charge is -2.40. The van der Waals surface area contributed by atoms with E-state index >= 15 is 0 Å². The van der Waals surface area contributed by atoms with Crippen molar-refractivity contribution >= 4 is 17.7 Å². The van der Waals surface area contributed by atoms with Crippen LogP contribution < -0.4 is 15.4 Å². The van der Waals surface area contributed by atoms with E-state index in [2.05, 4.69) is 15.7 Å². The predicted molar refractivity (Wildman–Crippen MR) is 125 cm³/mol. The summed E-state index contributed by atoms with van der Waals surface area (Å²) in [4.78, 5) is 40.1. The molecule has 2 N–H and O–H groups in total. The van der Waals surface area contributed by atoms with Gasteiger partial charge in [-0.05, 0) is 42.3 Å². The molecule has 0 aliphatic carbocycles. The van der Waals surface area contributed by atoms with Gasteiger partial charge in [0.15, 0.2) is 5.69 Å². The number of fused-ring (bicyclic) bond motifs is 1. The van der Waals surface area contributed by atoms with Gasteiger partial charge in [0.2, 0.25) is 5.91 Å². The summed E-state index contributed by atoms with van der Waals surface area (Å²) in [6, 6.07) is 14.5. The molecule has 182 valence electrons. The van der Waals surface area contributed by atoms with Crippen LogP contribution in [0.5, 0.6) is 5.75 Å². The van der Waals surface area contributed by atoms with Gasteiger partial charge in [-0.1, -0.05) is 24.3 Å². The Morgan fingerprint density at radius 1 is 1.06 bits per heavy atom. The summed E-state index contributed by atoms with van der Waals surface area (Å²) in [7, 11) is 3.12. The topological polar surface area (TPSA) is 106 Å². The van der Waals surface area contributed by atoms with Crippen molar-refractivity contribution in [3.05, 3.63) is 82.9 Å². The van der Waals surface area contributed by atoms with E-state index in [1.54, 1.807) is 45.3 Å². The van der Waals surface area contributed by atoms with E-state index in [4.69, 9.17) is 4.74 Å². The van der Waals surface area contributed by atoms with Gasteiger partial charge in [-0.2, -0.15) is 5.10 Å². The molecule has 0 radical (unpaired) electrons. The number of likely N-dealkylation sites (N-methyl/N-ethyl adjacent to an activating group) is 1. The first-order valence-corrected chi connectivity index (χ1v) is 11.0. The number of halogens is 1. The lowest BCUT2D eigenvalue weighted by Crippen LogP contribution is -2.62. The minimum Gasteiger partial charge on any atom is -0.497 e. The van der Waals surface area contributed by atoms with Crippen LogP contribution in [0.3, 0.4) is 0 Å². The number of hydrogen-bond acceptors (Lipinski definition) is 5. The molecule has 2 heterocycles. The van der Waals surface area contributed by atoms with Crippen molar-refractivity contribution in [2.24, 2.45) is 0 Å². The van der Waals surface area contributed by atoms with Crippen molar-refractivity contribution in [3.8, 4) is 5.75 Å². The minimum absolute atomic E-state index is 0.0750. The average Bonchev–Trinajstić information content (AvgIpc) is 3.29. The van der Waals surface area contributed by atoms with Crippen molar-refractivity contribution in [2.75, 3.05) is 14.2 Å². The second-order valence-corrected chi connectivity index (χ2v) is 8.55. The highest BCUT2D eigenvalue weighted by atomic mass is 19.1. The number of nitrogens with zero attached hydrogens (tertiary/aromatic N) is 3. The minimum atomic E-state index is -1.23. The third kappa shape index (κ3) is 4.86. The predicted octanol–water partition coefficient (Wildman–Crippen LogP) is 2.12. The molecule has 2 aromatic carbocycles. The smallest absolute Gasteiger partial charge is 0.272 e. The van der Waals surface area contributed by atoms with Crippen molar-refractivity contribution in [3.63, 3.8) is 0 Å². The number of methoxy groups -OCH3 is 1. The standard InChI is InChI=1S/C25H26FN5O4/c1-25(24(34)28-14-16-4-8-18(26)9-5-16)15-31-21(23(33)30(25)2)12-20(29-31)22(32)27-13-17-6-10-19(35-3)11-7-17/h4-12H,13-15H2,1-3H3,(H,27,32)(H,28,34). The first-order valence-electron chi connectivity index (χ1n) is 11.0. The van der Waals surface area contributed by atoms with Crippen molar-refractivity contribution < 1.29 is 23.5 Å². The molecule has 0 spiro atoms. The molecular weight excluding hydrogens is 453 g/mol. The SMILES string of the molecule is COc1ccc(CNC(=O)c2cc3n(n2)CC(C)(C(=O)NCc2ccc(F)cc2)N(C)C3=O)cc1. The molecule has 4 rings (SSSR count). The zero-order valence-corrected chi connectivity index (χ0v) is 19.7. The second kappa shape index (κ2) is 9.57. The summed E-state index contributed by atoms with van der Waals surface area (Å²) in [5.74, 6) is -0.878. The van der Waals surface area contributed by atoms with E-state index < -0.39 is 17.4 Å². The van der Waals surface area contributed by atoms with E-state index in [-0.39, 0.29) is 42.7 Å². The summed E-state index contributed by atoms with van der Waals surface area (Å²) >= 11 is 0. The monoisotopic (exact) mass is 479 g/mol. The lowest BCUT2D eigenvalue weighted by atomic mass is 9.96. The van der Waals surface area contributed by atoms with E-state index in [1.165, 1.54) is 27.8 Å². The molecule has 10 heteroatoms. The molecule has 3 aromatic rings. The van der Waals surface area contributed by atoms with Gasteiger partial charge in [0, 0.05) is 26.2 Å². The van der Waals surface area contributed by atoms with Crippen LogP contribution >= 0.6 is 0 Å². The fourth-order valence-corrected chi connectivity index (χ4v) is 3.83. The fraction of sp³-hybridized carbons (Fsp3) is 0.280. The number of nitrogens with one attached hydrogen (secondary N) is 2. The number of ether oxygens (including phenoxy) is 1. The zero-order chi connectivity index (χ0) is 25.2. The third-order valence-corrected chi connectivity index (χ3v) is 6.20. The van der Waals surface area contributed by atoms with Crippen LogP contribution in [0.2, 0.25) is 0 Å². The summed E-state index contributed by atoms with van der Waals surface area (Å²) in [5.41, 5.74) is 0.692. The molecule has 9 nitrogen and oxygen atoms in total. The van der Waals surface area contributed by atoms with Crippen LogP contribution in [0.4, 0.5) is 4.39 Å². The highest BCUT2D eigenvalue weighted by Crippen LogP contribution is 2.26. The van der Waals surface area contributed by atoms with Gasteiger partial charge < -0.3 is 20.3 Å². The van der Waals surface area contributed by atoms with Gasteiger partial charge in [0.25, 0.3) is 11.8 Å². The Hall–Kier alpha value is -4.21. The second-order valence-electron chi connectivity index (χ2n) is 8.55. The average molecular weight is 480 g/mol. The number of carbonyl (C=O) groups is 3. The molecule has 1 aliphatic heterocycles. The van der Waals surface area contributed by atoms with E-state index in [0.29, 0.717) is 5.75 Å². The molecule has 1 atom stereocenters. The first-order chi connectivity index (χ1) is 16.7. The van der Waals surface area contributed by atoms with Crippen molar-refractivity contribution in [2.45, 2.75) is 32.1 Å². The van der Waals surface area contributed by atoms with Crippen LogP contribution in [0.1, 0.15) is 39.0 Å². The highest BCUT2D eigenvalue weighted by molar-refractivity contribution is 6.01. The molecule has 0 fully saturated rings. The molecule has 1 unspecified atom stereocenters. The molecule has 0 bridgehead atoms. The normalized spacial score (nSPS) is 17.0. The summed E-state index contributed by atoms with van der Waals surface area (Å²) in [6.07, 6.45) is 0. The van der Waals surface area contributed by atoms with E-state index in [1.807, 2.05) is 12.1 Å². The van der Waals surface area contributed by atoms with Gasteiger partial charge in [0.1, 0.15) is 22.8 Å². The third-order valence-electron chi connectivity index (χ3n) is 6.20. The Labute approximate surface area is 201 Å². The Bertz CT molecular complexity index is 1260. The lowest BCUT2D eigenvalue weighted by molar-refractivity contribution is -0.132. The highest BCUT2D eigenvalue weighted by Gasteiger charge is 2.46. The molecular formula is C25H26FN5O4. The van der Waals surface area contributed by atoms with Crippen LogP contribution in [0.25, 0.3) is 0 Å². The van der Waals surface area contributed by atoms with E-state index in [9.17, 15) is 18.8 Å². The Morgan fingerprint density at radius 3 is 2.29 bits per heavy atom. The van der Waals surface area contributed by atoms with Crippen LogP contribution in [-0.2, 0) is 24.4 Å². The Morgan fingerprint density at radius 2 is 1.66 bits per heavy atom. The summed E-state index contributed by atoms with van der Waals surface area (Å²) < 4.78 is 19.6. The number of carbonyl (C=O) groups excluding carboxylic acids is 3. The maximum Gasteiger partial charge on any atom is 0.272 e. The number of rotatable bonds is 7. The van der Waals surface area contributed by atoms with E-state index in [0.717, 1.165) is 11.1 Å². The van der Waals surface area contributed by atoms with Crippen LogP contribution in [0.15, 0.2) is 54.6 Å². The van der Waals surface area contributed by atoms with Crippen LogP contribution in [0, 0.1) is 5.82 Å². The molecule has 35 heavy (non-hydrogen) atoms. The van der Waals surface area contributed by atoms with Gasteiger partial charge in [-0.15, -0.1) is 0 Å². The first kappa shape index (κ1) is 23.9. The quantitative estimate of drug-likeness (QED) is 0.540. The van der Waals surface area contributed by atoms with Gasteiger partial charge >= 0.3 is 0 Å².